The third-order valence-electron chi connectivity index (χ3n) is 4.30. The van der Waals surface area contributed by atoms with E-state index in [1.165, 1.54) is 0 Å². The van der Waals surface area contributed by atoms with Crippen LogP contribution in [0.4, 0.5) is 0 Å². The van der Waals surface area contributed by atoms with Crippen molar-refractivity contribution in [3.63, 3.8) is 0 Å². The summed E-state index contributed by atoms with van der Waals surface area (Å²) in [5.74, 6) is 1.42. The van der Waals surface area contributed by atoms with Crippen molar-refractivity contribution in [3.05, 3.63) is 47.9 Å². The van der Waals surface area contributed by atoms with E-state index < -0.39 is 10.8 Å². The zero-order valence-corrected chi connectivity index (χ0v) is 16.1. The van der Waals surface area contributed by atoms with Gasteiger partial charge in [0.05, 0.1) is 36.9 Å². The first-order valence-electron chi connectivity index (χ1n) is 8.85. The van der Waals surface area contributed by atoms with Gasteiger partial charge in [0.15, 0.2) is 5.76 Å². The fourth-order valence-corrected chi connectivity index (χ4v) is 3.78. The Hall–Kier alpha value is -2.16. The summed E-state index contributed by atoms with van der Waals surface area (Å²) in [7, 11) is 0.333. The molecule has 1 aromatic heterocycles. The number of rotatable bonds is 8. The van der Waals surface area contributed by atoms with Gasteiger partial charge in [-0.2, -0.15) is 0 Å². The number of furan rings is 1. The number of amides is 1. The monoisotopic (exact) mass is 392 g/mol. The lowest BCUT2D eigenvalue weighted by Gasteiger charge is -2.26. The number of hydrogen-bond acceptors (Lipinski definition) is 6. The molecule has 0 aliphatic carbocycles. The van der Waals surface area contributed by atoms with Crippen LogP contribution in [-0.4, -0.2) is 61.5 Å². The van der Waals surface area contributed by atoms with Crippen LogP contribution in [0.25, 0.3) is 0 Å². The molecule has 27 heavy (non-hydrogen) atoms. The van der Waals surface area contributed by atoms with Gasteiger partial charge in [0.2, 0.25) is 0 Å². The fraction of sp³-hybridized carbons (Fsp3) is 0.421. The quantitative estimate of drug-likeness (QED) is 0.736. The van der Waals surface area contributed by atoms with E-state index in [4.69, 9.17) is 13.9 Å². The molecule has 146 valence electrons. The predicted octanol–water partition coefficient (Wildman–Crippen LogP) is 1.66. The molecular weight excluding hydrogens is 368 g/mol. The Balaban J connectivity index is 1.47. The second-order valence-electron chi connectivity index (χ2n) is 6.14. The Kier molecular flexibility index (Phi) is 7.03. The molecule has 1 aliphatic heterocycles. The van der Waals surface area contributed by atoms with Gasteiger partial charge in [0.25, 0.3) is 5.91 Å². The lowest BCUT2D eigenvalue weighted by atomic mass is 10.3. The van der Waals surface area contributed by atoms with Gasteiger partial charge in [0.1, 0.15) is 11.5 Å². The maximum absolute atomic E-state index is 12.4. The number of ether oxygens (including phenoxy) is 2. The summed E-state index contributed by atoms with van der Waals surface area (Å²) in [6, 6.07) is 10.4. The topological polar surface area (TPSA) is 81.0 Å². The molecule has 3 rings (SSSR count). The lowest BCUT2D eigenvalue weighted by molar-refractivity contribution is 0.0382. The maximum atomic E-state index is 12.4. The van der Waals surface area contributed by atoms with Gasteiger partial charge in [-0.1, -0.05) is 0 Å². The molecule has 2 aromatic rings. The van der Waals surface area contributed by atoms with Crippen molar-refractivity contribution in [3.8, 4) is 5.75 Å². The average molecular weight is 392 g/mol. The molecule has 2 heterocycles. The summed E-state index contributed by atoms with van der Waals surface area (Å²) < 4.78 is 28.4. The summed E-state index contributed by atoms with van der Waals surface area (Å²) in [6.07, 6.45) is 0. The van der Waals surface area contributed by atoms with Crippen molar-refractivity contribution in [2.24, 2.45) is 0 Å². The van der Waals surface area contributed by atoms with Crippen LogP contribution in [0.2, 0.25) is 0 Å². The molecule has 8 heteroatoms. The third kappa shape index (κ3) is 5.66. The number of carbonyl (C=O) groups excluding carboxylic acids is 1. The molecule has 0 unspecified atom stereocenters. The van der Waals surface area contributed by atoms with E-state index in [2.05, 4.69) is 10.2 Å². The van der Waals surface area contributed by atoms with Crippen LogP contribution in [0.5, 0.6) is 5.75 Å². The first-order valence-corrected chi connectivity index (χ1v) is 10.2. The van der Waals surface area contributed by atoms with Gasteiger partial charge in [-0.05, 0) is 36.4 Å². The zero-order chi connectivity index (χ0) is 19.1. The van der Waals surface area contributed by atoms with E-state index >= 15 is 0 Å². The lowest BCUT2D eigenvalue weighted by Crippen LogP contribution is -2.41. The molecule has 1 aromatic carbocycles. The van der Waals surface area contributed by atoms with E-state index in [9.17, 15) is 9.00 Å². The number of hydrogen-bond donors (Lipinski definition) is 1. The van der Waals surface area contributed by atoms with E-state index in [1.54, 1.807) is 43.5 Å². The normalized spacial score (nSPS) is 16.0. The van der Waals surface area contributed by atoms with Gasteiger partial charge in [-0.3, -0.25) is 13.9 Å². The van der Waals surface area contributed by atoms with Gasteiger partial charge < -0.3 is 19.2 Å². The molecule has 0 saturated carbocycles. The molecule has 1 saturated heterocycles. The summed E-state index contributed by atoms with van der Waals surface area (Å²) in [4.78, 5) is 15.1. The number of benzene rings is 1. The molecule has 7 nitrogen and oxygen atoms in total. The van der Waals surface area contributed by atoms with Gasteiger partial charge in [0, 0.05) is 31.1 Å². The first kappa shape index (κ1) is 19.6. The average Bonchev–Trinajstić information content (AvgIpc) is 3.17. The third-order valence-corrected chi connectivity index (χ3v) is 5.64. The van der Waals surface area contributed by atoms with Crippen LogP contribution in [0.15, 0.2) is 45.7 Å². The van der Waals surface area contributed by atoms with Crippen molar-refractivity contribution in [1.29, 1.82) is 0 Å². The maximum Gasteiger partial charge on any atom is 0.287 e. The fourth-order valence-electron chi connectivity index (χ4n) is 2.76. The van der Waals surface area contributed by atoms with Crippen LogP contribution in [-0.2, 0) is 21.3 Å². The molecular formula is C19H24N2O5S. The number of nitrogens with zero attached hydrogens (tertiary/aromatic N) is 1. The number of carbonyl (C=O) groups is 1. The van der Waals surface area contributed by atoms with E-state index in [-0.39, 0.29) is 17.4 Å². The van der Waals surface area contributed by atoms with Crippen molar-refractivity contribution in [2.45, 2.75) is 10.6 Å². The summed E-state index contributed by atoms with van der Waals surface area (Å²) in [5, 5.41) is 2.85. The Morgan fingerprint density at radius 1 is 1.19 bits per heavy atom. The molecule has 0 bridgehead atoms. The summed E-state index contributed by atoms with van der Waals surface area (Å²) >= 11 is 0. The predicted molar refractivity (Wildman–Crippen MR) is 101 cm³/mol. The van der Waals surface area contributed by atoms with Crippen LogP contribution in [0.3, 0.4) is 0 Å². The highest BCUT2D eigenvalue weighted by Gasteiger charge is 2.15. The minimum atomic E-state index is -1.25. The van der Waals surface area contributed by atoms with E-state index in [1.807, 2.05) is 0 Å². The number of nitrogens with one attached hydrogen (secondary N) is 1. The molecule has 0 radical (unpaired) electrons. The van der Waals surface area contributed by atoms with Crippen molar-refractivity contribution in [2.75, 3.05) is 46.5 Å². The highest BCUT2D eigenvalue weighted by atomic mass is 32.2. The minimum absolute atomic E-state index is 0.216. The second-order valence-corrected chi connectivity index (χ2v) is 7.59. The number of methoxy groups -OCH3 is 1. The molecule has 0 spiro atoms. The number of morpholine rings is 1. The van der Waals surface area contributed by atoms with Crippen LogP contribution in [0.1, 0.15) is 16.3 Å². The zero-order valence-electron chi connectivity index (χ0n) is 15.3. The molecule has 1 aliphatic rings. The molecule has 1 fully saturated rings. The standard InChI is InChI=1S/C19H24N2O5S/c1-24-15-2-5-17(6-3-15)27(23)14-16-4-7-18(26-16)19(22)20-8-9-21-10-12-25-13-11-21/h2-7H,8-14H2,1H3,(H,20,22)/t27-/m1/s1. The van der Waals surface area contributed by atoms with Crippen molar-refractivity contribution < 1.29 is 22.9 Å². The Labute approximate surface area is 161 Å². The smallest absolute Gasteiger partial charge is 0.287 e. The van der Waals surface area contributed by atoms with Crippen LogP contribution >= 0.6 is 0 Å². The Morgan fingerprint density at radius 3 is 2.63 bits per heavy atom. The van der Waals surface area contributed by atoms with Gasteiger partial charge in [-0.15, -0.1) is 0 Å². The van der Waals surface area contributed by atoms with Crippen LogP contribution in [0, 0.1) is 0 Å². The van der Waals surface area contributed by atoms with Crippen LogP contribution < -0.4 is 10.1 Å². The van der Waals surface area contributed by atoms with E-state index in [0.29, 0.717) is 22.9 Å². The Bertz CT molecular complexity index is 769. The van der Waals surface area contributed by atoms with Gasteiger partial charge >= 0.3 is 0 Å². The SMILES string of the molecule is COc1ccc([S@](=O)Cc2ccc(C(=O)NCCN3CCOCC3)o2)cc1. The molecule has 1 atom stereocenters. The first-order chi connectivity index (χ1) is 13.2. The van der Waals surface area contributed by atoms with Crippen molar-refractivity contribution in [1.82, 2.24) is 10.2 Å². The van der Waals surface area contributed by atoms with Gasteiger partial charge in [-0.25, -0.2) is 0 Å². The van der Waals surface area contributed by atoms with Crippen molar-refractivity contribution >= 4 is 16.7 Å². The minimum Gasteiger partial charge on any atom is -0.497 e. The largest absolute Gasteiger partial charge is 0.497 e. The highest BCUT2D eigenvalue weighted by molar-refractivity contribution is 7.84. The second kappa shape index (κ2) is 9.68. The summed E-state index contributed by atoms with van der Waals surface area (Å²) in [6.45, 7) is 4.58. The summed E-state index contributed by atoms with van der Waals surface area (Å²) in [5.41, 5.74) is 0. The van der Waals surface area contributed by atoms with E-state index in [0.717, 1.165) is 32.8 Å². The molecule has 1 N–H and O–H groups in total. The molecule has 1 amide bonds. The Morgan fingerprint density at radius 2 is 1.93 bits per heavy atom. The highest BCUT2D eigenvalue weighted by Crippen LogP contribution is 2.18.